The molecule has 0 aliphatic heterocycles. The highest BCUT2D eigenvalue weighted by Gasteiger charge is 2.21. The number of amides is 1. The van der Waals surface area contributed by atoms with Crippen LogP contribution in [-0.2, 0) is 32.4 Å². The summed E-state index contributed by atoms with van der Waals surface area (Å²) in [5.74, 6) is -1.15. The van der Waals surface area contributed by atoms with E-state index in [1.54, 1.807) is 6.07 Å². The summed E-state index contributed by atoms with van der Waals surface area (Å²) in [7, 11) is -3.88. The molecule has 2 aromatic rings. The van der Waals surface area contributed by atoms with Crippen molar-refractivity contribution in [3.63, 3.8) is 0 Å². The topological polar surface area (TPSA) is 116 Å². The summed E-state index contributed by atoms with van der Waals surface area (Å²) < 4.78 is 28.1. The summed E-state index contributed by atoms with van der Waals surface area (Å²) in [6, 6.07) is 11.0. The Balaban J connectivity index is 1.65. The number of carbonyl (C=O) groups is 2. The predicted octanol–water partition coefficient (Wildman–Crippen LogP) is 2.40. The Morgan fingerprint density at radius 1 is 1.07 bits per heavy atom. The summed E-state index contributed by atoms with van der Waals surface area (Å²) in [4.78, 5) is 24.6. The van der Waals surface area contributed by atoms with Crippen molar-refractivity contribution in [3.05, 3.63) is 59.2 Å². The molecule has 0 bridgehead atoms. The molecule has 1 atom stereocenters. The number of hydrogen-bond donors (Lipinski definition) is 2. The average Bonchev–Trinajstić information content (AvgIpc) is 2.67. The van der Waals surface area contributed by atoms with Crippen LogP contribution in [0.2, 0.25) is 0 Å². The van der Waals surface area contributed by atoms with Gasteiger partial charge in [0.1, 0.15) is 0 Å². The van der Waals surface area contributed by atoms with E-state index < -0.39 is 28.0 Å². The Labute approximate surface area is 163 Å². The Kier molecular flexibility index (Phi) is 5.81. The number of anilines is 1. The molecule has 0 unspecified atom stereocenters. The van der Waals surface area contributed by atoms with Gasteiger partial charge in [-0.05, 0) is 74.1 Å². The van der Waals surface area contributed by atoms with Crippen LogP contribution in [0.25, 0.3) is 0 Å². The number of benzene rings is 2. The first-order valence-electron chi connectivity index (χ1n) is 9.00. The second-order valence-electron chi connectivity index (χ2n) is 6.80. The van der Waals surface area contributed by atoms with Gasteiger partial charge in [-0.3, -0.25) is 4.79 Å². The van der Waals surface area contributed by atoms with Gasteiger partial charge < -0.3 is 10.1 Å². The zero-order chi connectivity index (χ0) is 20.3. The fourth-order valence-corrected chi connectivity index (χ4v) is 3.70. The molecule has 0 aromatic heterocycles. The number of aryl methyl sites for hydroxylation is 2. The molecule has 28 heavy (non-hydrogen) atoms. The number of fused-ring (bicyclic) bond motifs is 1. The number of sulfonamides is 1. The smallest absolute Gasteiger partial charge is 0.338 e. The zero-order valence-corrected chi connectivity index (χ0v) is 16.3. The van der Waals surface area contributed by atoms with Crippen LogP contribution in [0.1, 0.15) is 41.3 Å². The number of ether oxygens (including phenoxy) is 1. The van der Waals surface area contributed by atoms with Gasteiger partial charge in [0.15, 0.2) is 6.10 Å². The molecule has 3 N–H and O–H groups in total. The van der Waals surface area contributed by atoms with Gasteiger partial charge in [0.25, 0.3) is 5.91 Å². The Bertz CT molecular complexity index is 1020. The van der Waals surface area contributed by atoms with E-state index in [0.717, 1.165) is 31.2 Å². The monoisotopic (exact) mass is 402 g/mol. The van der Waals surface area contributed by atoms with Gasteiger partial charge in [-0.2, -0.15) is 0 Å². The van der Waals surface area contributed by atoms with E-state index in [-0.39, 0.29) is 10.6 Å². The third-order valence-electron chi connectivity index (χ3n) is 4.67. The summed E-state index contributed by atoms with van der Waals surface area (Å²) in [5.41, 5.74) is 3.06. The minimum Gasteiger partial charge on any atom is -0.449 e. The third kappa shape index (κ3) is 4.76. The number of hydrogen-bond acceptors (Lipinski definition) is 5. The maximum absolute atomic E-state index is 12.4. The summed E-state index contributed by atoms with van der Waals surface area (Å²) in [6.45, 7) is 1.45. The molecule has 3 rings (SSSR count). The second kappa shape index (κ2) is 8.12. The number of nitrogens with one attached hydrogen (secondary N) is 1. The Hall–Kier alpha value is -2.71. The Morgan fingerprint density at radius 3 is 2.50 bits per heavy atom. The number of nitrogens with two attached hydrogens (primary N) is 1. The predicted molar refractivity (Wildman–Crippen MR) is 104 cm³/mol. The van der Waals surface area contributed by atoms with Gasteiger partial charge in [-0.1, -0.05) is 12.1 Å². The van der Waals surface area contributed by atoms with Crippen LogP contribution in [-0.4, -0.2) is 26.4 Å². The molecule has 7 nitrogen and oxygen atoms in total. The van der Waals surface area contributed by atoms with Crippen LogP contribution in [0.4, 0.5) is 5.69 Å². The van der Waals surface area contributed by atoms with E-state index in [1.807, 2.05) is 12.1 Å². The van der Waals surface area contributed by atoms with Crippen molar-refractivity contribution in [2.75, 3.05) is 5.32 Å². The van der Waals surface area contributed by atoms with Crippen LogP contribution in [0.15, 0.2) is 47.4 Å². The quantitative estimate of drug-likeness (QED) is 0.745. The van der Waals surface area contributed by atoms with Crippen molar-refractivity contribution in [2.24, 2.45) is 5.14 Å². The van der Waals surface area contributed by atoms with Gasteiger partial charge in [0.05, 0.1) is 10.5 Å². The lowest BCUT2D eigenvalue weighted by Crippen LogP contribution is -2.30. The van der Waals surface area contributed by atoms with Gasteiger partial charge in [-0.25, -0.2) is 18.4 Å². The normalized spacial score (nSPS) is 14.6. The van der Waals surface area contributed by atoms with Gasteiger partial charge in [0.2, 0.25) is 10.0 Å². The minimum absolute atomic E-state index is 0.121. The highest BCUT2D eigenvalue weighted by molar-refractivity contribution is 7.89. The zero-order valence-electron chi connectivity index (χ0n) is 15.5. The first kappa shape index (κ1) is 20.0. The largest absolute Gasteiger partial charge is 0.449 e. The van der Waals surface area contributed by atoms with Crippen molar-refractivity contribution >= 4 is 27.6 Å². The van der Waals surface area contributed by atoms with E-state index >= 15 is 0 Å². The molecule has 0 spiro atoms. The highest BCUT2D eigenvalue weighted by atomic mass is 32.2. The van der Waals surface area contributed by atoms with Crippen molar-refractivity contribution < 1.29 is 22.7 Å². The van der Waals surface area contributed by atoms with Crippen molar-refractivity contribution in [3.8, 4) is 0 Å². The lowest BCUT2D eigenvalue weighted by atomic mass is 9.90. The molecule has 8 heteroatoms. The van der Waals surface area contributed by atoms with Crippen molar-refractivity contribution in [1.29, 1.82) is 0 Å². The number of esters is 1. The third-order valence-corrected chi connectivity index (χ3v) is 5.58. The number of carbonyl (C=O) groups excluding carboxylic acids is 2. The average molecular weight is 402 g/mol. The molecular formula is C20H22N2O5S. The molecule has 0 heterocycles. The van der Waals surface area contributed by atoms with E-state index in [4.69, 9.17) is 9.88 Å². The number of rotatable bonds is 5. The van der Waals surface area contributed by atoms with Gasteiger partial charge in [0, 0.05) is 5.69 Å². The summed E-state index contributed by atoms with van der Waals surface area (Å²) in [5, 5.41) is 7.61. The molecule has 0 saturated heterocycles. The molecule has 1 aliphatic rings. The first-order chi connectivity index (χ1) is 13.2. The summed E-state index contributed by atoms with van der Waals surface area (Å²) in [6.07, 6.45) is 3.15. The SMILES string of the molecule is C[C@H](OC(=O)c1ccc2c(c1)CCCC2)C(=O)Nc1cccc(S(N)(=O)=O)c1. The molecule has 2 aromatic carbocycles. The molecule has 148 valence electrons. The van der Waals surface area contributed by atoms with E-state index in [0.29, 0.717) is 5.56 Å². The van der Waals surface area contributed by atoms with Crippen molar-refractivity contribution in [1.82, 2.24) is 0 Å². The fourth-order valence-electron chi connectivity index (χ4n) is 3.14. The van der Waals surface area contributed by atoms with Crippen LogP contribution in [0.3, 0.4) is 0 Å². The lowest BCUT2D eigenvalue weighted by Gasteiger charge is -2.17. The van der Waals surface area contributed by atoms with Crippen LogP contribution < -0.4 is 10.5 Å². The van der Waals surface area contributed by atoms with Crippen LogP contribution >= 0.6 is 0 Å². The molecular weight excluding hydrogens is 380 g/mol. The minimum atomic E-state index is -3.88. The highest BCUT2D eigenvalue weighted by Crippen LogP contribution is 2.23. The lowest BCUT2D eigenvalue weighted by molar-refractivity contribution is -0.123. The van der Waals surface area contributed by atoms with Gasteiger partial charge >= 0.3 is 5.97 Å². The van der Waals surface area contributed by atoms with E-state index in [2.05, 4.69) is 5.32 Å². The second-order valence-corrected chi connectivity index (χ2v) is 8.36. The van der Waals surface area contributed by atoms with Crippen LogP contribution in [0, 0.1) is 0 Å². The van der Waals surface area contributed by atoms with Crippen molar-refractivity contribution in [2.45, 2.75) is 43.6 Å². The van der Waals surface area contributed by atoms with Crippen LogP contribution in [0.5, 0.6) is 0 Å². The molecule has 0 radical (unpaired) electrons. The molecule has 1 aliphatic carbocycles. The fraction of sp³-hybridized carbons (Fsp3) is 0.300. The van der Waals surface area contributed by atoms with E-state index in [9.17, 15) is 18.0 Å². The summed E-state index contributed by atoms with van der Waals surface area (Å²) >= 11 is 0. The maximum atomic E-state index is 12.4. The first-order valence-corrected chi connectivity index (χ1v) is 10.6. The van der Waals surface area contributed by atoms with Gasteiger partial charge in [-0.15, -0.1) is 0 Å². The molecule has 0 fully saturated rings. The molecule has 1 amide bonds. The maximum Gasteiger partial charge on any atom is 0.338 e. The standard InChI is InChI=1S/C20H22N2O5S/c1-13(19(23)22-17-7-4-8-18(12-17)28(21,25)26)27-20(24)16-10-9-14-5-2-3-6-15(14)11-16/h4,7-13H,2-3,5-6H2,1H3,(H,22,23)(H2,21,25,26)/t13-/m0/s1. The Morgan fingerprint density at radius 2 is 1.79 bits per heavy atom. The molecule has 0 saturated carbocycles. The van der Waals surface area contributed by atoms with E-state index in [1.165, 1.54) is 36.8 Å². The number of primary sulfonamides is 1.